The van der Waals surface area contributed by atoms with Crippen LogP contribution in [0.5, 0.6) is 5.75 Å². The number of rotatable bonds is 9. The zero-order valence-electron chi connectivity index (χ0n) is 13.3. The number of anilines is 1. The molecule has 1 aromatic rings. The van der Waals surface area contributed by atoms with E-state index in [9.17, 15) is 14.4 Å². The van der Waals surface area contributed by atoms with E-state index < -0.39 is 17.9 Å². The highest BCUT2D eigenvalue weighted by Gasteiger charge is 2.29. The van der Waals surface area contributed by atoms with Gasteiger partial charge in [-0.2, -0.15) is 0 Å². The molecule has 24 heavy (non-hydrogen) atoms. The maximum atomic E-state index is 11.7. The normalized spacial score (nSPS) is 14.5. The van der Waals surface area contributed by atoms with E-state index >= 15 is 0 Å². The van der Waals surface area contributed by atoms with Gasteiger partial charge in [0.2, 0.25) is 5.91 Å². The zero-order chi connectivity index (χ0) is 17.5. The first-order valence-electron chi connectivity index (χ1n) is 7.54. The zero-order valence-corrected chi connectivity index (χ0v) is 13.3. The van der Waals surface area contributed by atoms with Crippen molar-refractivity contribution in [1.29, 1.82) is 0 Å². The summed E-state index contributed by atoms with van der Waals surface area (Å²) in [6.07, 6.45) is 1.82. The van der Waals surface area contributed by atoms with Crippen LogP contribution in [0.15, 0.2) is 24.3 Å². The molecule has 0 heterocycles. The molecule has 1 atom stereocenters. The van der Waals surface area contributed by atoms with Crippen molar-refractivity contribution >= 4 is 23.5 Å². The van der Waals surface area contributed by atoms with E-state index in [1.165, 1.54) is 7.11 Å². The van der Waals surface area contributed by atoms with Gasteiger partial charge in [0.1, 0.15) is 5.75 Å². The molecule has 130 valence electrons. The first-order valence-corrected chi connectivity index (χ1v) is 7.54. The maximum absolute atomic E-state index is 11.7. The van der Waals surface area contributed by atoms with Gasteiger partial charge in [0.05, 0.1) is 6.61 Å². The minimum atomic E-state index is -1.19. The van der Waals surface area contributed by atoms with E-state index in [1.54, 1.807) is 24.3 Å². The third-order valence-corrected chi connectivity index (χ3v) is 3.39. The van der Waals surface area contributed by atoms with Crippen LogP contribution in [0.3, 0.4) is 0 Å². The Balaban J connectivity index is 1.83. The predicted octanol–water partition coefficient (Wildman–Crippen LogP) is 0.630. The number of carbonyl (C=O) groups excluding carboxylic acids is 2. The first kappa shape index (κ1) is 17.7. The van der Waals surface area contributed by atoms with Crippen LogP contribution in [0.1, 0.15) is 12.8 Å². The molecule has 2 rings (SSSR count). The molecule has 8 nitrogen and oxygen atoms in total. The summed E-state index contributed by atoms with van der Waals surface area (Å²) in [6, 6.07) is 5.55. The fraction of sp³-hybridized carbons (Fsp3) is 0.438. The number of carbonyl (C=O) groups is 3. The van der Waals surface area contributed by atoms with Crippen LogP contribution in [-0.2, 0) is 19.1 Å². The Bertz CT molecular complexity index is 614. The second-order valence-electron chi connectivity index (χ2n) is 5.49. The molecule has 0 aliphatic heterocycles. The number of hydrogen-bond acceptors (Lipinski definition) is 5. The SMILES string of the molecule is COCC(NC(=O)COc1cccc(NC(=O)C2CC2)c1)C(=O)O. The van der Waals surface area contributed by atoms with E-state index in [2.05, 4.69) is 10.6 Å². The fourth-order valence-corrected chi connectivity index (χ4v) is 1.98. The van der Waals surface area contributed by atoms with E-state index in [4.69, 9.17) is 14.6 Å². The highest BCUT2D eigenvalue weighted by atomic mass is 16.5. The van der Waals surface area contributed by atoms with Crippen LogP contribution in [-0.4, -0.2) is 49.3 Å². The van der Waals surface area contributed by atoms with Gasteiger partial charge in [-0.25, -0.2) is 4.79 Å². The largest absolute Gasteiger partial charge is 0.484 e. The number of benzene rings is 1. The van der Waals surface area contributed by atoms with Gasteiger partial charge in [-0.15, -0.1) is 0 Å². The third-order valence-electron chi connectivity index (χ3n) is 3.39. The molecular formula is C16H20N2O6. The van der Waals surface area contributed by atoms with Gasteiger partial charge in [0.15, 0.2) is 12.6 Å². The molecule has 1 saturated carbocycles. The second-order valence-corrected chi connectivity index (χ2v) is 5.49. The minimum absolute atomic E-state index is 0.0197. The molecule has 0 radical (unpaired) electrons. The van der Waals surface area contributed by atoms with Crippen molar-refractivity contribution in [2.24, 2.45) is 5.92 Å². The van der Waals surface area contributed by atoms with Gasteiger partial charge in [0.25, 0.3) is 5.91 Å². The first-order chi connectivity index (χ1) is 11.5. The van der Waals surface area contributed by atoms with E-state index in [0.717, 1.165) is 12.8 Å². The quantitative estimate of drug-likeness (QED) is 0.609. The molecular weight excluding hydrogens is 316 g/mol. The van der Waals surface area contributed by atoms with E-state index in [-0.39, 0.29) is 25.0 Å². The van der Waals surface area contributed by atoms with Crippen LogP contribution < -0.4 is 15.4 Å². The second kappa shape index (κ2) is 8.30. The number of carboxylic acid groups (broad SMARTS) is 1. The Labute approximate surface area is 139 Å². The molecule has 0 aromatic heterocycles. The predicted molar refractivity (Wildman–Crippen MR) is 84.7 cm³/mol. The average molecular weight is 336 g/mol. The monoisotopic (exact) mass is 336 g/mol. The number of hydrogen-bond donors (Lipinski definition) is 3. The third kappa shape index (κ3) is 5.54. The van der Waals surface area contributed by atoms with Crippen molar-refractivity contribution < 1.29 is 29.0 Å². The van der Waals surface area contributed by atoms with E-state index in [1.807, 2.05) is 0 Å². The Morgan fingerprint density at radius 1 is 1.33 bits per heavy atom. The lowest BCUT2D eigenvalue weighted by molar-refractivity contribution is -0.143. The van der Waals surface area contributed by atoms with Crippen molar-refractivity contribution in [1.82, 2.24) is 5.32 Å². The van der Waals surface area contributed by atoms with Crippen molar-refractivity contribution in [3.05, 3.63) is 24.3 Å². The molecule has 1 unspecified atom stereocenters. The summed E-state index contributed by atoms with van der Waals surface area (Å²) in [5.74, 6) is -1.29. The molecule has 0 saturated heterocycles. The number of aliphatic carboxylic acids is 1. The Kier molecular flexibility index (Phi) is 6.14. The van der Waals surface area contributed by atoms with Crippen molar-refractivity contribution in [3.8, 4) is 5.75 Å². The highest BCUT2D eigenvalue weighted by Crippen LogP contribution is 2.30. The molecule has 1 aliphatic rings. The number of amides is 2. The fourth-order valence-electron chi connectivity index (χ4n) is 1.98. The van der Waals surface area contributed by atoms with Crippen molar-refractivity contribution in [2.75, 3.05) is 25.6 Å². The number of ether oxygens (including phenoxy) is 2. The molecule has 0 bridgehead atoms. The van der Waals surface area contributed by atoms with Gasteiger partial charge in [-0.05, 0) is 25.0 Å². The number of carboxylic acids is 1. The van der Waals surface area contributed by atoms with Gasteiger partial charge in [0, 0.05) is 24.8 Å². The smallest absolute Gasteiger partial charge is 0.328 e. The summed E-state index contributed by atoms with van der Waals surface area (Å²) in [5.41, 5.74) is 0.590. The summed E-state index contributed by atoms with van der Waals surface area (Å²) in [6.45, 7) is -0.475. The van der Waals surface area contributed by atoms with Gasteiger partial charge >= 0.3 is 5.97 Å². The van der Waals surface area contributed by atoms with Crippen molar-refractivity contribution in [3.63, 3.8) is 0 Å². The maximum Gasteiger partial charge on any atom is 0.328 e. The number of nitrogens with one attached hydrogen (secondary N) is 2. The Morgan fingerprint density at radius 2 is 2.08 bits per heavy atom. The summed E-state index contributed by atoms with van der Waals surface area (Å²) in [7, 11) is 1.35. The molecule has 1 fully saturated rings. The lowest BCUT2D eigenvalue weighted by Gasteiger charge is -2.14. The Morgan fingerprint density at radius 3 is 2.71 bits per heavy atom. The van der Waals surface area contributed by atoms with Crippen LogP contribution in [0, 0.1) is 5.92 Å². The molecule has 8 heteroatoms. The summed E-state index contributed by atoms with van der Waals surface area (Å²) in [5, 5.41) is 14.0. The Hall–Kier alpha value is -2.61. The lowest BCUT2D eigenvalue weighted by atomic mass is 10.3. The van der Waals surface area contributed by atoms with Gasteiger partial charge in [-0.3, -0.25) is 9.59 Å². The molecule has 0 spiro atoms. The minimum Gasteiger partial charge on any atom is -0.484 e. The van der Waals surface area contributed by atoms with Gasteiger partial charge < -0.3 is 25.2 Å². The lowest BCUT2D eigenvalue weighted by Crippen LogP contribution is -2.45. The molecule has 1 aliphatic carbocycles. The average Bonchev–Trinajstić information content (AvgIpc) is 3.38. The number of methoxy groups -OCH3 is 1. The van der Waals surface area contributed by atoms with E-state index in [0.29, 0.717) is 11.4 Å². The molecule has 1 aromatic carbocycles. The molecule has 3 N–H and O–H groups in total. The van der Waals surface area contributed by atoms with Gasteiger partial charge in [-0.1, -0.05) is 6.07 Å². The standard InChI is InChI=1S/C16H20N2O6/c1-23-8-13(16(21)22)18-14(19)9-24-12-4-2-3-11(7-12)17-15(20)10-5-6-10/h2-4,7,10,13H,5-6,8-9H2,1H3,(H,17,20)(H,18,19)(H,21,22). The van der Waals surface area contributed by atoms with Crippen LogP contribution in [0.25, 0.3) is 0 Å². The summed E-state index contributed by atoms with van der Waals surface area (Å²) >= 11 is 0. The van der Waals surface area contributed by atoms with Crippen LogP contribution >= 0.6 is 0 Å². The van der Waals surface area contributed by atoms with Crippen molar-refractivity contribution in [2.45, 2.75) is 18.9 Å². The van der Waals surface area contributed by atoms with Crippen LogP contribution in [0.4, 0.5) is 5.69 Å². The molecule has 2 amide bonds. The topological polar surface area (TPSA) is 114 Å². The van der Waals surface area contributed by atoms with Crippen LogP contribution in [0.2, 0.25) is 0 Å². The highest BCUT2D eigenvalue weighted by molar-refractivity contribution is 5.94. The summed E-state index contributed by atoms with van der Waals surface area (Å²) in [4.78, 5) is 34.4. The summed E-state index contributed by atoms with van der Waals surface area (Å²) < 4.78 is 10.1.